The van der Waals surface area contributed by atoms with E-state index in [1.165, 1.54) is 4.90 Å². The Labute approximate surface area is 210 Å². The van der Waals surface area contributed by atoms with Crippen molar-refractivity contribution in [3.05, 3.63) is 40.9 Å². The maximum atomic E-state index is 15.7. The fraction of sp³-hybridized carbons (Fsp3) is 0.417. The summed E-state index contributed by atoms with van der Waals surface area (Å²) in [5, 5.41) is 9.87. The zero-order valence-corrected chi connectivity index (χ0v) is 20.9. The summed E-state index contributed by atoms with van der Waals surface area (Å²) in [6.07, 6.45) is 4.53. The van der Waals surface area contributed by atoms with Gasteiger partial charge in [-0.05, 0) is 54.5 Å². The Morgan fingerprint density at radius 3 is 2.71 bits per heavy atom. The van der Waals surface area contributed by atoms with Crippen molar-refractivity contribution in [3.63, 3.8) is 0 Å². The molecule has 2 aliphatic heterocycles. The zero-order valence-electron chi connectivity index (χ0n) is 19.3. The lowest BCUT2D eigenvalue weighted by atomic mass is 10.0. The van der Waals surface area contributed by atoms with E-state index in [9.17, 15) is 9.90 Å². The third-order valence-electron chi connectivity index (χ3n) is 6.73. The van der Waals surface area contributed by atoms with Gasteiger partial charge in [0.2, 0.25) is 0 Å². The minimum atomic E-state index is -0.948. The van der Waals surface area contributed by atoms with Crippen molar-refractivity contribution < 1.29 is 19.0 Å². The molecule has 4 heterocycles. The average molecular weight is 545 g/mol. The number of likely N-dealkylation sites (tertiary alicyclic amines) is 1. The zero-order chi connectivity index (χ0) is 24.5. The molecule has 2 saturated heterocycles. The first-order chi connectivity index (χ1) is 16.9. The summed E-state index contributed by atoms with van der Waals surface area (Å²) in [6, 6.07) is 5.89. The molecular formula is C24H26BrFN6O3. The summed E-state index contributed by atoms with van der Waals surface area (Å²) in [7, 11) is 2.06. The van der Waals surface area contributed by atoms with Gasteiger partial charge in [0, 0.05) is 61.1 Å². The number of fused-ring (bicyclic) bond motifs is 1. The molecule has 5 rings (SSSR count). The van der Waals surface area contributed by atoms with E-state index >= 15 is 4.39 Å². The highest BCUT2D eigenvalue weighted by atomic mass is 79.9. The highest BCUT2D eigenvalue weighted by molar-refractivity contribution is 9.10. The normalized spacial score (nSPS) is 18.9. The number of piperazine rings is 1. The van der Waals surface area contributed by atoms with E-state index < -0.39 is 11.9 Å². The first kappa shape index (κ1) is 23.7. The molecule has 35 heavy (non-hydrogen) atoms. The van der Waals surface area contributed by atoms with Crippen LogP contribution >= 0.6 is 15.9 Å². The average Bonchev–Trinajstić information content (AvgIpc) is 3.29. The maximum Gasteiger partial charge on any atom is 0.407 e. The van der Waals surface area contributed by atoms with Crippen LogP contribution in [-0.2, 0) is 0 Å². The van der Waals surface area contributed by atoms with Gasteiger partial charge in [-0.1, -0.05) is 6.07 Å². The predicted octanol–water partition coefficient (Wildman–Crippen LogP) is 3.87. The summed E-state index contributed by atoms with van der Waals surface area (Å²) in [5.74, 6) is 0.0309. The Morgan fingerprint density at radius 1 is 1.26 bits per heavy atom. The number of benzene rings is 1. The van der Waals surface area contributed by atoms with Crippen LogP contribution in [0.4, 0.5) is 15.0 Å². The summed E-state index contributed by atoms with van der Waals surface area (Å²) < 4.78 is 22.0. The van der Waals surface area contributed by atoms with Crippen LogP contribution in [-0.4, -0.2) is 88.4 Å². The quantitative estimate of drug-likeness (QED) is 0.517. The number of carbonyl (C=O) groups is 1. The van der Waals surface area contributed by atoms with Crippen LogP contribution < -0.4 is 9.64 Å². The predicted molar refractivity (Wildman–Crippen MR) is 133 cm³/mol. The van der Waals surface area contributed by atoms with E-state index in [1.807, 2.05) is 17.0 Å². The topological polar surface area (TPSA) is 94.9 Å². The van der Waals surface area contributed by atoms with Gasteiger partial charge in [0.15, 0.2) is 5.82 Å². The number of likely N-dealkylation sites (N-methyl/N-ethyl adjacent to an activating group) is 1. The second-order valence-electron chi connectivity index (χ2n) is 8.86. The molecule has 2 fully saturated rings. The number of anilines is 1. The van der Waals surface area contributed by atoms with Crippen LogP contribution in [0.2, 0.25) is 0 Å². The van der Waals surface area contributed by atoms with Crippen LogP contribution in [0.15, 0.2) is 35.1 Å². The van der Waals surface area contributed by atoms with Crippen molar-refractivity contribution >= 4 is 38.7 Å². The molecule has 1 atom stereocenters. The van der Waals surface area contributed by atoms with Gasteiger partial charge < -0.3 is 24.5 Å². The molecule has 2 aromatic heterocycles. The van der Waals surface area contributed by atoms with Gasteiger partial charge >= 0.3 is 12.1 Å². The number of halogens is 2. The summed E-state index contributed by atoms with van der Waals surface area (Å²) in [4.78, 5) is 30.3. The van der Waals surface area contributed by atoms with Crippen molar-refractivity contribution in [2.45, 2.75) is 18.9 Å². The van der Waals surface area contributed by atoms with Crippen molar-refractivity contribution in [2.24, 2.45) is 0 Å². The summed E-state index contributed by atoms with van der Waals surface area (Å²) >= 11 is 3.41. The molecule has 1 unspecified atom stereocenters. The first-order valence-electron chi connectivity index (χ1n) is 11.6. The number of hydrogen-bond acceptors (Lipinski definition) is 7. The third-order valence-corrected chi connectivity index (χ3v) is 7.50. The van der Waals surface area contributed by atoms with E-state index in [0.717, 1.165) is 24.9 Å². The van der Waals surface area contributed by atoms with Crippen molar-refractivity contribution in [1.29, 1.82) is 0 Å². The van der Waals surface area contributed by atoms with Crippen LogP contribution in [0, 0.1) is 5.82 Å². The molecule has 1 aromatic carbocycles. The highest BCUT2D eigenvalue weighted by Gasteiger charge is 2.27. The molecule has 9 nitrogen and oxygen atoms in total. The molecule has 0 bridgehead atoms. The van der Waals surface area contributed by atoms with E-state index in [0.29, 0.717) is 54.0 Å². The lowest BCUT2D eigenvalue weighted by Crippen LogP contribution is -2.48. The number of pyridine rings is 1. The Bertz CT molecular complexity index is 1240. The number of carboxylic acid groups (broad SMARTS) is 1. The van der Waals surface area contributed by atoms with Gasteiger partial charge in [-0.25, -0.2) is 9.18 Å². The summed E-state index contributed by atoms with van der Waals surface area (Å²) in [5.41, 5.74) is 1.55. The van der Waals surface area contributed by atoms with Gasteiger partial charge in [0.25, 0.3) is 0 Å². The second kappa shape index (κ2) is 9.90. The monoisotopic (exact) mass is 544 g/mol. The van der Waals surface area contributed by atoms with Gasteiger partial charge in [-0.3, -0.25) is 4.98 Å². The molecule has 11 heteroatoms. The Kier molecular flexibility index (Phi) is 6.70. The SMILES string of the molecule is CN1CCCC1COc1nc(N2CCN(C(=O)O)CC2)c2cc(-c3cccnc3)c(Br)c(F)c2n1. The Hall–Kier alpha value is -3.05. The molecule has 0 aliphatic carbocycles. The largest absolute Gasteiger partial charge is 0.465 e. The smallest absolute Gasteiger partial charge is 0.407 e. The first-order valence-corrected chi connectivity index (χ1v) is 12.4. The maximum absolute atomic E-state index is 15.7. The molecule has 3 aromatic rings. The molecule has 1 amide bonds. The molecule has 0 saturated carbocycles. The Balaban J connectivity index is 1.57. The minimum absolute atomic E-state index is 0.119. The molecule has 0 spiro atoms. The second-order valence-corrected chi connectivity index (χ2v) is 9.66. The van der Waals surface area contributed by atoms with E-state index in [-0.39, 0.29) is 17.6 Å². The molecule has 2 aliphatic rings. The minimum Gasteiger partial charge on any atom is -0.465 e. The standard InChI is InChI=1S/C24H26BrFN6O3/c1-30-7-3-5-16(30)14-35-23-28-21-18(22(29-23)31-8-10-32(11-9-31)24(33)34)12-17(19(25)20(21)26)15-4-2-6-27-13-15/h2,4,6,12-13,16H,3,5,7-11,14H2,1H3,(H,33,34). The fourth-order valence-corrected chi connectivity index (χ4v) is 5.21. The van der Waals surface area contributed by atoms with Crippen molar-refractivity contribution in [1.82, 2.24) is 24.8 Å². The Morgan fingerprint density at radius 2 is 2.06 bits per heavy atom. The van der Waals surface area contributed by atoms with Crippen molar-refractivity contribution in [2.75, 3.05) is 51.3 Å². The highest BCUT2D eigenvalue weighted by Crippen LogP contribution is 2.38. The molecule has 0 radical (unpaired) electrons. The lowest BCUT2D eigenvalue weighted by molar-refractivity contribution is 0.142. The summed E-state index contributed by atoms with van der Waals surface area (Å²) in [6.45, 7) is 2.97. The number of hydrogen-bond donors (Lipinski definition) is 1. The molecular weight excluding hydrogens is 519 g/mol. The van der Waals surface area contributed by atoms with Gasteiger partial charge in [-0.2, -0.15) is 9.97 Å². The lowest BCUT2D eigenvalue weighted by Gasteiger charge is -2.34. The number of rotatable bonds is 5. The number of aromatic nitrogens is 3. The third kappa shape index (κ3) is 4.74. The van der Waals surface area contributed by atoms with Crippen LogP contribution in [0.5, 0.6) is 6.01 Å². The van der Waals surface area contributed by atoms with Crippen LogP contribution in [0.3, 0.4) is 0 Å². The molecule has 184 valence electrons. The number of ether oxygens (including phenoxy) is 1. The fourth-order valence-electron chi connectivity index (χ4n) is 4.68. The molecule has 1 N–H and O–H groups in total. The van der Waals surface area contributed by atoms with E-state index in [2.05, 4.69) is 37.8 Å². The van der Waals surface area contributed by atoms with Crippen LogP contribution in [0.1, 0.15) is 12.8 Å². The van der Waals surface area contributed by atoms with E-state index in [4.69, 9.17) is 9.72 Å². The van der Waals surface area contributed by atoms with Crippen LogP contribution in [0.25, 0.3) is 22.0 Å². The van der Waals surface area contributed by atoms with E-state index in [1.54, 1.807) is 18.5 Å². The van der Waals surface area contributed by atoms with Gasteiger partial charge in [0.1, 0.15) is 17.9 Å². The number of amides is 1. The van der Waals surface area contributed by atoms with Gasteiger partial charge in [0.05, 0.1) is 4.47 Å². The van der Waals surface area contributed by atoms with Crippen molar-refractivity contribution in [3.8, 4) is 17.1 Å². The number of nitrogens with zero attached hydrogens (tertiary/aromatic N) is 6. The van der Waals surface area contributed by atoms with Gasteiger partial charge in [-0.15, -0.1) is 0 Å².